The van der Waals surface area contributed by atoms with Gasteiger partial charge in [-0.1, -0.05) is 24.8 Å². The molecule has 2 amide bonds. The van der Waals surface area contributed by atoms with Gasteiger partial charge in [0.25, 0.3) is 5.91 Å². The summed E-state index contributed by atoms with van der Waals surface area (Å²) in [5.74, 6) is 0.225. The average molecular weight is 361 g/mol. The Morgan fingerprint density at radius 2 is 2.29 bits per heavy atom. The molecule has 1 unspecified atom stereocenters. The van der Waals surface area contributed by atoms with Crippen LogP contribution in [0.15, 0.2) is 29.4 Å². The van der Waals surface area contributed by atoms with E-state index in [-0.39, 0.29) is 11.7 Å². The minimum Gasteiger partial charge on any atom is -0.365 e. The van der Waals surface area contributed by atoms with Gasteiger partial charge in [-0.25, -0.2) is 4.98 Å². The number of carbonyl (C=O) groups excluding carboxylic acids is 2. The number of thioether (sulfide) groups is 1. The van der Waals surface area contributed by atoms with Crippen LogP contribution >= 0.6 is 23.1 Å². The van der Waals surface area contributed by atoms with Gasteiger partial charge in [0.1, 0.15) is 5.00 Å². The summed E-state index contributed by atoms with van der Waals surface area (Å²) in [5.41, 5.74) is 7.08. The van der Waals surface area contributed by atoms with Crippen molar-refractivity contribution in [3.63, 3.8) is 0 Å². The summed E-state index contributed by atoms with van der Waals surface area (Å²) in [6.07, 6.45) is 4.54. The molecule has 7 heteroatoms. The molecule has 3 rings (SSSR count). The van der Waals surface area contributed by atoms with E-state index in [0.29, 0.717) is 16.5 Å². The van der Waals surface area contributed by atoms with Crippen molar-refractivity contribution >= 4 is 39.9 Å². The number of thiophene rings is 1. The molecule has 1 atom stereocenters. The van der Waals surface area contributed by atoms with Crippen LogP contribution in [0.5, 0.6) is 0 Å². The molecule has 0 spiro atoms. The number of rotatable bonds is 5. The number of carbonyl (C=O) groups is 2. The van der Waals surface area contributed by atoms with Crippen LogP contribution in [0.3, 0.4) is 0 Å². The van der Waals surface area contributed by atoms with Crippen LogP contribution in [0.2, 0.25) is 0 Å². The van der Waals surface area contributed by atoms with Gasteiger partial charge in [0, 0.05) is 11.1 Å². The number of nitrogens with one attached hydrogen (secondary N) is 1. The molecule has 0 aliphatic heterocycles. The zero-order valence-corrected chi connectivity index (χ0v) is 15.0. The van der Waals surface area contributed by atoms with Gasteiger partial charge >= 0.3 is 0 Å². The fraction of sp³-hybridized carbons (Fsp3) is 0.353. The number of nitrogens with two attached hydrogens (primary N) is 1. The van der Waals surface area contributed by atoms with Gasteiger partial charge in [0.2, 0.25) is 5.91 Å². The summed E-state index contributed by atoms with van der Waals surface area (Å²) >= 11 is 2.85. The van der Waals surface area contributed by atoms with Gasteiger partial charge in [-0.15, -0.1) is 11.3 Å². The number of amides is 2. The first-order valence-corrected chi connectivity index (χ1v) is 9.63. The van der Waals surface area contributed by atoms with Crippen LogP contribution in [0.25, 0.3) is 0 Å². The molecule has 2 aromatic heterocycles. The van der Waals surface area contributed by atoms with Crippen LogP contribution in [-0.2, 0) is 17.6 Å². The van der Waals surface area contributed by atoms with Crippen molar-refractivity contribution in [3.8, 4) is 0 Å². The third-order valence-electron chi connectivity index (χ3n) is 4.00. The smallest absolute Gasteiger partial charge is 0.251 e. The molecular formula is C17H19N3O2S2. The number of nitrogens with zero attached hydrogens (tertiary/aromatic N) is 1. The quantitative estimate of drug-likeness (QED) is 0.802. The van der Waals surface area contributed by atoms with Crippen LogP contribution in [0.4, 0.5) is 5.00 Å². The third-order valence-corrected chi connectivity index (χ3v) is 6.11. The molecule has 0 saturated carbocycles. The minimum atomic E-state index is -0.463. The summed E-state index contributed by atoms with van der Waals surface area (Å²) in [6, 6.07) is 5.57. The molecule has 2 heterocycles. The molecule has 126 valence electrons. The van der Waals surface area contributed by atoms with E-state index < -0.39 is 5.91 Å². The van der Waals surface area contributed by atoms with Gasteiger partial charge < -0.3 is 11.1 Å². The maximum absolute atomic E-state index is 12.2. The Labute approximate surface area is 149 Å². The Morgan fingerprint density at radius 1 is 1.46 bits per heavy atom. The van der Waals surface area contributed by atoms with E-state index in [9.17, 15) is 9.59 Å². The van der Waals surface area contributed by atoms with E-state index >= 15 is 0 Å². The first kappa shape index (κ1) is 17.0. The topological polar surface area (TPSA) is 85.1 Å². The molecular weight excluding hydrogens is 342 g/mol. The summed E-state index contributed by atoms with van der Waals surface area (Å²) in [4.78, 5) is 29.4. The molecule has 3 N–H and O–H groups in total. The van der Waals surface area contributed by atoms with Crippen molar-refractivity contribution < 1.29 is 9.59 Å². The summed E-state index contributed by atoms with van der Waals surface area (Å²) < 4.78 is 0. The van der Waals surface area contributed by atoms with Crippen molar-refractivity contribution in [1.82, 2.24) is 4.98 Å². The standard InChI is InChI=1S/C17H19N3O2S2/c1-10-5-6-11-12(8-10)24-17(15(11)16(18)22)20-13(21)9-23-14-4-2-3-7-19-14/h2-4,7,10H,5-6,8-9H2,1H3,(H2,18,22)(H,20,21). The molecule has 0 fully saturated rings. The summed E-state index contributed by atoms with van der Waals surface area (Å²) in [7, 11) is 0. The van der Waals surface area contributed by atoms with E-state index in [0.717, 1.165) is 29.9 Å². The molecule has 24 heavy (non-hydrogen) atoms. The highest BCUT2D eigenvalue weighted by molar-refractivity contribution is 7.99. The fourth-order valence-electron chi connectivity index (χ4n) is 2.83. The monoisotopic (exact) mass is 361 g/mol. The number of anilines is 1. The second-order valence-corrected chi connectivity index (χ2v) is 8.03. The number of aromatic nitrogens is 1. The maximum atomic E-state index is 12.2. The highest BCUT2D eigenvalue weighted by atomic mass is 32.2. The first-order valence-electron chi connectivity index (χ1n) is 7.82. The number of fused-ring (bicyclic) bond motifs is 1. The Balaban J connectivity index is 1.72. The maximum Gasteiger partial charge on any atom is 0.251 e. The van der Waals surface area contributed by atoms with Crippen molar-refractivity contribution in [3.05, 3.63) is 40.4 Å². The van der Waals surface area contributed by atoms with Crippen LogP contribution in [0.1, 0.15) is 34.1 Å². The Hall–Kier alpha value is -1.86. The second kappa shape index (κ2) is 7.36. The predicted octanol–water partition coefficient (Wildman–Crippen LogP) is 3.10. The van der Waals surface area contributed by atoms with Crippen molar-refractivity contribution in [2.24, 2.45) is 11.7 Å². The largest absolute Gasteiger partial charge is 0.365 e. The second-order valence-electron chi connectivity index (χ2n) is 5.92. The molecule has 5 nitrogen and oxygen atoms in total. The molecule has 1 aliphatic rings. The van der Waals surface area contributed by atoms with Crippen molar-refractivity contribution in [2.75, 3.05) is 11.1 Å². The zero-order valence-electron chi connectivity index (χ0n) is 13.4. The van der Waals surface area contributed by atoms with Gasteiger partial charge in [-0.3, -0.25) is 9.59 Å². The number of primary amides is 1. The SMILES string of the molecule is CC1CCc2c(sc(NC(=O)CSc3ccccn3)c2C(N)=O)C1. The highest BCUT2D eigenvalue weighted by Crippen LogP contribution is 2.39. The van der Waals surface area contributed by atoms with Gasteiger partial charge in [0.15, 0.2) is 0 Å². The lowest BCUT2D eigenvalue weighted by atomic mass is 9.88. The van der Waals surface area contributed by atoms with Gasteiger partial charge in [0.05, 0.1) is 16.3 Å². The van der Waals surface area contributed by atoms with Gasteiger partial charge in [-0.05, 0) is 42.9 Å². The van der Waals surface area contributed by atoms with E-state index in [1.165, 1.54) is 28.0 Å². The minimum absolute atomic E-state index is 0.153. The number of hydrogen-bond donors (Lipinski definition) is 2. The van der Waals surface area contributed by atoms with Crippen molar-refractivity contribution in [1.29, 1.82) is 0 Å². The Morgan fingerprint density at radius 3 is 3.00 bits per heavy atom. The third kappa shape index (κ3) is 3.79. The van der Waals surface area contributed by atoms with Crippen molar-refractivity contribution in [2.45, 2.75) is 31.2 Å². The zero-order chi connectivity index (χ0) is 17.1. The molecule has 1 aliphatic carbocycles. The molecule has 0 radical (unpaired) electrons. The number of pyridine rings is 1. The number of hydrogen-bond acceptors (Lipinski definition) is 5. The van der Waals surface area contributed by atoms with E-state index in [1.807, 2.05) is 18.2 Å². The summed E-state index contributed by atoms with van der Waals surface area (Å²) in [5, 5.41) is 4.25. The molecule has 2 aromatic rings. The fourth-order valence-corrected chi connectivity index (χ4v) is 4.93. The normalized spacial score (nSPS) is 16.5. The van der Waals surface area contributed by atoms with E-state index in [4.69, 9.17) is 5.73 Å². The van der Waals surface area contributed by atoms with Crippen LogP contribution in [-0.4, -0.2) is 22.6 Å². The lowest BCUT2D eigenvalue weighted by Gasteiger charge is -2.18. The molecule has 0 saturated heterocycles. The Kier molecular flexibility index (Phi) is 5.20. The predicted molar refractivity (Wildman–Crippen MR) is 97.6 cm³/mol. The Bertz CT molecular complexity index is 759. The lowest BCUT2D eigenvalue weighted by molar-refractivity contribution is -0.113. The molecule has 0 bridgehead atoms. The van der Waals surface area contributed by atoms with E-state index in [2.05, 4.69) is 17.2 Å². The summed E-state index contributed by atoms with van der Waals surface area (Å²) in [6.45, 7) is 2.20. The lowest BCUT2D eigenvalue weighted by Crippen LogP contribution is -2.20. The van der Waals surface area contributed by atoms with Crippen LogP contribution in [0, 0.1) is 5.92 Å². The van der Waals surface area contributed by atoms with E-state index in [1.54, 1.807) is 6.20 Å². The van der Waals surface area contributed by atoms with Crippen LogP contribution < -0.4 is 11.1 Å². The first-order chi connectivity index (χ1) is 11.5. The highest BCUT2D eigenvalue weighted by Gasteiger charge is 2.27. The van der Waals surface area contributed by atoms with Gasteiger partial charge in [-0.2, -0.15) is 0 Å². The molecule has 0 aromatic carbocycles. The average Bonchev–Trinajstić information content (AvgIpc) is 2.90.